The summed E-state index contributed by atoms with van der Waals surface area (Å²) in [5.74, 6) is -0.0597. The lowest BCUT2D eigenvalue weighted by atomic mass is 10.1. The van der Waals surface area contributed by atoms with Crippen molar-refractivity contribution >= 4 is 11.6 Å². The molecule has 0 aliphatic carbocycles. The minimum atomic E-state index is -0.0597. The number of nitrogens with one attached hydrogen (secondary N) is 2. The zero-order valence-electron chi connectivity index (χ0n) is 12.0. The molecule has 1 aliphatic rings. The highest BCUT2D eigenvalue weighted by Gasteiger charge is 2.15. The molecule has 0 aromatic heterocycles. The fourth-order valence-corrected chi connectivity index (χ4v) is 2.17. The van der Waals surface area contributed by atoms with E-state index >= 15 is 0 Å². The maximum absolute atomic E-state index is 11.1. The molecule has 1 saturated heterocycles. The van der Waals surface area contributed by atoms with Crippen molar-refractivity contribution in [3.8, 4) is 0 Å². The van der Waals surface area contributed by atoms with Gasteiger partial charge in [0.1, 0.15) is 0 Å². The average Bonchev–Trinajstić information content (AvgIpc) is 2.45. The normalized spacial score (nSPS) is 20.4. The second kappa shape index (κ2) is 7.38. The number of amides is 1. The summed E-state index contributed by atoms with van der Waals surface area (Å²) in [6, 6.07) is 8.04. The Hall–Kier alpha value is -1.43. The first kappa shape index (κ1) is 15.0. The van der Waals surface area contributed by atoms with Gasteiger partial charge in [-0.15, -0.1) is 0 Å². The van der Waals surface area contributed by atoms with Crippen LogP contribution in [-0.4, -0.2) is 38.4 Å². The minimum absolute atomic E-state index is 0.0597. The summed E-state index contributed by atoms with van der Waals surface area (Å²) in [7, 11) is 0. The molecule has 0 saturated carbocycles. The van der Waals surface area contributed by atoms with E-state index in [-0.39, 0.29) is 18.1 Å². The van der Waals surface area contributed by atoms with Crippen LogP contribution in [0.15, 0.2) is 24.3 Å². The predicted octanol–water partition coefficient (Wildman–Crippen LogP) is 1.71. The molecule has 2 N–H and O–H groups in total. The quantitative estimate of drug-likeness (QED) is 0.861. The second-order valence-electron chi connectivity index (χ2n) is 5.00. The van der Waals surface area contributed by atoms with E-state index in [4.69, 9.17) is 9.47 Å². The molecule has 1 fully saturated rings. The van der Waals surface area contributed by atoms with Crippen LogP contribution in [0, 0.1) is 0 Å². The SMILES string of the molecule is CC(=O)Nc1cccc(C(C)NCC2COCCO2)c1. The Kier molecular flexibility index (Phi) is 5.52. The lowest BCUT2D eigenvalue weighted by Crippen LogP contribution is -2.38. The Balaban J connectivity index is 1.87. The van der Waals surface area contributed by atoms with Crippen LogP contribution in [0.4, 0.5) is 5.69 Å². The van der Waals surface area contributed by atoms with Gasteiger partial charge in [-0.25, -0.2) is 0 Å². The Labute approximate surface area is 119 Å². The van der Waals surface area contributed by atoms with Crippen LogP contribution < -0.4 is 10.6 Å². The van der Waals surface area contributed by atoms with Gasteiger partial charge in [-0.1, -0.05) is 12.1 Å². The van der Waals surface area contributed by atoms with Crippen LogP contribution in [0.2, 0.25) is 0 Å². The maximum atomic E-state index is 11.1. The van der Waals surface area contributed by atoms with E-state index in [1.54, 1.807) is 0 Å². The number of rotatable bonds is 5. The van der Waals surface area contributed by atoms with Crippen molar-refractivity contribution in [3.63, 3.8) is 0 Å². The van der Waals surface area contributed by atoms with E-state index in [0.29, 0.717) is 19.8 Å². The summed E-state index contributed by atoms with van der Waals surface area (Å²) in [6.07, 6.45) is 0.115. The molecule has 0 bridgehead atoms. The number of hydrogen-bond acceptors (Lipinski definition) is 4. The zero-order valence-corrected chi connectivity index (χ0v) is 12.0. The molecule has 0 radical (unpaired) electrons. The zero-order chi connectivity index (χ0) is 14.4. The van der Waals surface area contributed by atoms with Crippen LogP contribution in [0.25, 0.3) is 0 Å². The first-order valence-electron chi connectivity index (χ1n) is 6.95. The Morgan fingerprint density at radius 3 is 3.00 bits per heavy atom. The fourth-order valence-electron chi connectivity index (χ4n) is 2.17. The summed E-state index contributed by atoms with van der Waals surface area (Å²) in [4.78, 5) is 11.1. The van der Waals surface area contributed by atoms with Crippen molar-refractivity contribution in [3.05, 3.63) is 29.8 Å². The van der Waals surface area contributed by atoms with E-state index in [1.807, 2.05) is 24.3 Å². The number of carbonyl (C=O) groups excluding carboxylic acids is 1. The predicted molar refractivity (Wildman–Crippen MR) is 77.7 cm³/mol. The molecular weight excluding hydrogens is 256 g/mol. The van der Waals surface area contributed by atoms with Crippen LogP contribution in [0.1, 0.15) is 25.5 Å². The summed E-state index contributed by atoms with van der Waals surface area (Å²) in [6.45, 7) is 6.35. The Bertz CT molecular complexity index is 444. The summed E-state index contributed by atoms with van der Waals surface area (Å²) in [5, 5.41) is 6.23. The summed E-state index contributed by atoms with van der Waals surface area (Å²) < 4.78 is 11.0. The molecule has 1 aliphatic heterocycles. The first-order valence-corrected chi connectivity index (χ1v) is 6.95. The average molecular weight is 278 g/mol. The highest BCUT2D eigenvalue weighted by atomic mass is 16.6. The van der Waals surface area contributed by atoms with Crippen LogP contribution in [0.3, 0.4) is 0 Å². The summed E-state index contributed by atoms with van der Waals surface area (Å²) in [5.41, 5.74) is 1.95. The number of carbonyl (C=O) groups is 1. The molecule has 5 nitrogen and oxygen atoms in total. The summed E-state index contributed by atoms with van der Waals surface area (Å²) >= 11 is 0. The maximum Gasteiger partial charge on any atom is 0.221 e. The minimum Gasteiger partial charge on any atom is -0.376 e. The van der Waals surface area contributed by atoms with Gasteiger partial charge in [-0.3, -0.25) is 4.79 Å². The van der Waals surface area contributed by atoms with Gasteiger partial charge in [-0.05, 0) is 24.6 Å². The van der Waals surface area contributed by atoms with Crippen molar-refractivity contribution < 1.29 is 14.3 Å². The molecule has 1 aromatic rings. The number of hydrogen-bond donors (Lipinski definition) is 2. The highest BCUT2D eigenvalue weighted by Crippen LogP contribution is 2.17. The third-order valence-corrected chi connectivity index (χ3v) is 3.24. The molecule has 1 amide bonds. The van der Waals surface area contributed by atoms with Crippen molar-refractivity contribution in [1.82, 2.24) is 5.32 Å². The van der Waals surface area contributed by atoms with E-state index in [0.717, 1.165) is 17.8 Å². The van der Waals surface area contributed by atoms with Crippen LogP contribution in [-0.2, 0) is 14.3 Å². The van der Waals surface area contributed by atoms with Crippen molar-refractivity contribution in [2.24, 2.45) is 0 Å². The Morgan fingerprint density at radius 1 is 1.45 bits per heavy atom. The van der Waals surface area contributed by atoms with Gasteiger partial charge < -0.3 is 20.1 Å². The van der Waals surface area contributed by atoms with E-state index in [2.05, 4.69) is 17.6 Å². The monoisotopic (exact) mass is 278 g/mol. The van der Waals surface area contributed by atoms with Gasteiger partial charge in [0.25, 0.3) is 0 Å². The molecule has 1 heterocycles. The first-order chi connectivity index (χ1) is 9.65. The van der Waals surface area contributed by atoms with Crippen LogP contribution in [0.5, 0.6) is 0 Å². The number of benzene rings is 1. The molecule has 2 atom stereocenters. The van der Waals surface area contributed by atoms with Gasteiger partial charge in [0, 0.05) is 25.2 Å². The van der Waals surface area contributed by atoms with Crippen LogP contribution >= 0.6 is 0 Å². The van der Waals surface area contributed by atoms with Gasteiger partial charge in [0.05, 0.1) is 25.9 Å². The standard InChI is InChI=1S/C15H22N2O3/c1-11(16-9-15-10-19-6-7-20-15)13-4-3-5-14(8-13)17-12(2)18/h3-5,8,11,15-16H,6-7,9-10H2,1-2H3,(H,17,18). The molecule has 2 rings (SSSR count). The fraction of sp³-hybridized carbons (Fsp3) is 0.533. The molecule has 20 heavy (non-hydrogen) atoms. The Morgan fingerprint density at radius 2 is 2.30 bits per heavy atom. The molecule has 1 aromatic carbocycles. The van der Waals surface area contributed by atoms with Gasteiger partial charge in [0.15, 0.2) is 0 Å². The van der Waals surface area contributed by atoms with Gasteiger partial charge >= 0.3 is 0 Å². The smallest absolute Gasteiger partial charge is 0.221 e. The molecular formula is C15H22N2O3. The van der Waals surface area contributed by atoms with Gasteiger partial charge in [-0.2, -0.15) is 0 Å². The topological polar surface area (TPSA) is 59.6 Å². The largest absolute Gasteiger partial charge is 0.376 e. The molecule has 5 heteroatoms. The number of ether oxygens (including phenoxy) is 2. The lowest BCUT2D eigenvalue weighted by Gasteiger charge is -2.25. The number of anilines is 1. The molecule has 2 unspecified atom stereocenters. The van der Waals surface area contributed by atoms with E-state index < -0.39 is 0 Å². The van der Waals surface area contributed by atoms with Gasteiger partial charge in [0.2, 0.25) is 5.91 Å². The van der Waals surface area contributed by atoms with Crippen molar-refractivity contribution in [2.75, 3.05) is 31.7 Å². The third kappa shape index (κ3) is 4.59. The second-order valence-corrected chi connectivity index (χ2v) is 5.00. The van der Waals surface area contributed by atoms with E-state index in [1.165, 1.54) is 6.92 Å². The van der Waals surface area contributed by atoms with Crippen molar-refractivity contribution in [2.45, 2.75) is 26.0 Å². The molecule has 110 valence electrons. The molecule has 0 spiro atoms. The van der Waals surface area contributed by atoms with E-state index in [9.17, 15) is 4.79 Å². The van der Waals surface area contributed by atoms with Crippen molar-refractivity contribution in [1.29, 1.82) is 0 Å². The third-order valence-electron chi connectivity index (χ3n) is 3.24. The highest BCUT2D eigenvalue weighted by molar-refractivity contribution is 5.88. The lowest BCUT2D eigenvalue weighted by molar-refractivity contribution is -0.114.